The molecule has 1 aromatic heterocycles. The van der Waals surface area contributed by atoms with Gasteiger partial charge in [-0.15, -0.1) is 0 Å². The molecule has 0 aliphatic carbocycles. The van der Waals surface area contributed by atoms with Gasteiger partial charge in [-0.1, -0.05) is 6.07 Å². The molecule has 0 aliphatic heterocycles. The van der Waals surface area contributed by atoms with Crippen molar-refractivity contribution in [3.63, 3.8) is 0 Å². The molecule has 0 aromatic carbocycles. The number of amides is 1. The van der Waals surface area contributed by atoms with Crippen molar-refractivity contribution in [3.8, 4) is 6.07 Å². The van der Waals surface area contributed by atoms with Gasteiger partial charge in [-0.05, 0) is 25.5 Å². The quantitative estimate of drug-likeness (QED) is 0.445. The van der Waals surface area contributed by atoms with Gasteiger partial charge >= 0.3 is 0 Å². The number of anilines is 1. The van der Waals surface area contributed by atoms with Crippen LogP contribution in [0, 0.1) is 18.3 Å². The molecule has 6 heteroatoms. The summed E-state index contributed by atoms with van der Waals surface area (Å²) in [6, 6.07) is 7.32. The summed E-state index contributed by atoms with van der Waals surface area (Å²) in [5.74, 6) is 0.175. The Labute approximate surface area is 118 Å². The molecule has 1 amide bonds. The molecular weight excluding hydrogens is 256 g/mol. The van der Waals surface area contributed by atoms with Crippen LogP contribution in [0.4, 0.5) is 5.82 Å². The molecule has 0 spiro atoms. The molecule has 1 aromatic rings. The average molecular weight is 274 g/mol. The molecule has 106 valence electrons. The number of nitrogens with one attached hydrogen (secondary N) is 2. The van der Waals surface area contributed by atoms with Gasteiger partial charge < -0.3 is 15.4 Å². The number of methoxy groups -OCH3 is 1. The lowest BCUT2D eigenvalue weighted by molar-refractivity contribution is -0.117. The lowest BCUT2D eigenvalue weighted by Gasteiger charge is -2.04. The summed E-state index contributed by atoms with van der Waals surface area (Å²) in [4.78, 5) is 15.9. The van der Waals surface area contributed by atoms with Crippen molar-refractivity contribution < 1.29 is 9.53 Å². The fourth-order valence-electron chi connectivity index (χ4n) is 1.43. The molecule has 20 heavy (non-hydrogen) atoms. The van der Waals surface area contributed by atoms with Gasteiger partial charge in [0.15, 0.2) is 0 Å². The summed E-state index contributed by atoms with van der Waals surface area (Å²) in [6.07, 6.45) is 2.06. The molecule has 0 fully saturated rings. The van der Waals surface area contributed by atoms with Gasteiger partial charge in [0.2, 0.25) is 0 Å². The Kier molecular flexibility index (Phi) is 6.79. The summed E-state index contributed by atoms with van der Waals surface area (Å²) in [7, 11) is 1.60. The lowest BCUT2D eigenvalue weighted by atomic mass is 10.3. The smallest absolute Gasteiger partial charge is 0.263 e. The average Bonchev–Trinajstić information content (AvgIpc) is 2.44. The van der Waals surface area contributed by atoms with Gasteiger partial charge in [0, 0.05) is 32.2 Å². The third kappa shape index (κ3) is 5.50. The standard InChI is InChI=1S/C14H18N4O2/c1-11-5-3-6-13(18-11)17-10-12(9-15)14(19)16-7-4-8-20-2/h3,5-6,10H,4,7-8H2,1-2H3,(H,16,19)(H,17,18)/b12-10-. The Morgan fingerprint density at radius 2 is 2.35 bits per heavy atom. The van der Waals surface area contributed by atoms with Crippen molar-refractivity contribution in [1.82, 2.24) is 10.3 Å². The van der Waals surface area contributed by atoms with E-state index in [-0.39, 0.29) is 5.57 Å². The number of carbonyl (C=O) groups excluding carboxylic acids is 1. The number of rotatable bonds is 7. The maximum atomic E-state index is 11.7. The largest absolute Gasteiger partial charge is 0.385 e. The van der Waals surface area contributed by atoms with Crippen LogP contribution in [0.15, 0.2) is 30.0 Å². The zero-order chi connectivity index (χ0) is 14.8. The summed E-state index contributed by atoms with van der Waals surface area (Å²) in [5, 5.41) is 14.5. The maximum Gasteiger partial charge on any atom is 0.263 e. The van der Waals surface area contributed by atoms with Crippen LogP contribution in [0.5, 0.6) is 0 Å². The van der Waals surface area contributed by atoms with Crippen LogP contribution in [0.3, 0.4) is 0 Å². The van der Waals surface area contributed by atoms with E-state index in [0.717, 1.165) is 5.69 Å². The molecule has 0 saturated carbocycles. The SMILES string of the molecule is COCCCNC(=O)/C(C#N)=C\Nc1cccc(C)n1. The van der Waals surface area contributed by atoms with Gasteiger partial charge in [-0.3, -0.25) is 4.79 Å². The van der Waals surface area contributed by atoms with Gasteiger partial charge in [-0.25, -0.2) is 4.98 Å². The minimum atomic E-state index is -0.413. The molecular formula is C14H18N4O2. The Balaban J connectivity index is 2.54. The molecule has 0 saturated heterocycles. The van der Waals surface area contributed by atoms with Crippen molar-refractivity contribution in [2.75, 3.05) is 25.6 Å². The van der Waals surface area contributed by atoms with Crippen LogP contribution in [-0.2, 0) is 9.53 Å². The summed E-state index contributed by atoms with van der Waals surface area (Å²) in [5.41, 5.74) is 0.858. The minimum absolute atomic E-state index is 0.00530. The van der Waals surface area contributed by atoms with Crippen LogP contribution in [-0.4, -0.2) is 31.2 Å². The van der Waals surface area contributed by atoms with Gasteiger partial charge in [0.05, 0.1) is 0 Å². The zero-order valence-electron chi connectivity index (χ0n) is 11.6. The monoisotopic (exact) mass is 274 g/mol. The minimum Gasteiger partial charge on any atom is -0.385 e. The molecule has 0 bridgehead atoms. The van der Waals surface area contributed by atoms with Crippen molar-refractivity contribution in [2.24, 2.45) is 0 Å². The third-order valence-electron chi connectivity index (χ3n) is 2.43. The van der Waals surface area contributed by atoms with Crippen LogP contribution < -0.4 is 10.6 Å². The second kappa shape index (κ2) is 8.67. The van der Waals surface area contributed by atoms with E-state index >= 15 is 0 Å². The number of carbonyl (C=O) groups is 1. The van der Waals surface area contributed by atoms with E-state index in [2.05, 4.69) is 15.6 Å². The molecule has 1 rings (SSSR count). The first kappa shape index (κ1) is 15.7. The number of nitrogens with zero attached hydrogens (tertiary/aromatic N) is 2. The van der Waals surface area contributed by atoms with Crippen molar-refractivity contribution in [2.45, 2.75) is 13.3 Å². The fourth-order valence-corrected chi connectivity index (χ4v) is 1.43. The number of hydrogen-bond acceptors (Lipinski definition) is 5. The van der Waals surface area contributed by atoms with E-state index in [1.54, 1.807) is 13.2 Å². The van der Waals surface area contributed by atoms with Crippen LogP contribution in [0.1, 0.15) is 12.1 Å². The van der Waals surface area contributed by atoms with E-state index in [0.29, 0.717) is 25.4 Å². The Bertz CT molecular complexity index is 520. The normalized spacial score (nSPS) is 10.8. The van der Waals surface area contributed by atoms with Crippen molar-refractivity contribution >= 4 is 11.7 Å². The fraction of sp³-hybridized carbons (Fsp3) is 0.357. The second-order valence-electron chi connectivity index (χ2n) is 4.08. The number of nitriles is 1. The first-order valence-electron chi connectivity index (χ1n) is 6.25. The first-order chi connectivity index (χ1) is 9.67. The van der Waals surface area contributed by atoms with Crippen LogP contribution in [0.2, 0.25) is 0 Å². The predicted octanol–water partition coefficient (Wildman–Crippen LogP) is 1.36. The highest BCUT2D eigenvalue weighted by molar-refractivity contribution is 5.97. The molecule has 6 nitrogen and oxygen atoms in total. The highest BCUT2D eigenvalue weighted by Crippen LogP contribution is 2.04. The summed E-state index contributed by atoms with van der Waals surface area (Å²) in [6.45, 7) is 2.90. The van der Waals surface area contributed by atoms with Crippen molar-refractivity contribution in [3.05, 3.63) is 35.7 Å². The second-order valence-corrected chi connectivity index (χ2v) is 4.08. The van der Waals surface area contributed by atoms with Crippen molar-refractivity contribution in [1.29, 1.82) is 5.26 Å². The number of aromatic nitrogens is 1. The van der Waals surface area contributed by atoms with Gasteiger partial charge in [-0.2, -0.15) is 5.26 Å². The highest BCUT2D eigenvalue weighted by atomic mass is 16.5. The third-order valence-corrected chi connectivity index (χ3v) is 2.43. The van der Waals surface area contributed by atoms with E-state index in [4.69, 9.17) is 10.00 Å². The van der Waals surface area contributed by atoms with E-state index in [1.807, 2.05) is 25.1 Å². The molecule has 2 N–H and O–H groups in total. The highest BCUT2D eigenvalue weighted by Gasteiger charge is 2.07. The van der Waals surface area contributed by atoms with Crippen LogP contribution in [0.25, 0.3) is 0 Å². The molecule has 1 heterocycles. The predicted molar refractivity (Wildman–Crippen MR) is 75.8 cm³/mol. The molecule has 0 aliphatic rings. The first-order valence-corrected chi connectivity index (χ1v) is 6.25. The summed E-state index contributed by atoms with van der Waals surface area (Å²) < 4.78 is 4.88. The summed E-state index contributed by atoms with van der Waals surface area (Å²) >= 11 is 0. The topological polar surface area (TPSA) is 87.0 Å². The maximum absolute atomic E-state index is 11.7. The zero-order valence-corrected chi connectivity index (χ0v) is 11.6. The van der Waals surface area contributed by atoms with E-state index < -0.39 is 5.91 Å². The number of aryl methyl sites for hydroxylation is 1. The Hall–Kier alpha value is -2.39. The number of pyridine rings is 1. The van der Waals surface area contributed by atoms with Gasteiger partial charge in [0.25, 0.3) is 5.91 Å². The molecule has 0 radical (unpaired) electrons. The molecule has 0 atom stereocenters. The lowest BCUT2D eigenvalue weighted by Crippen LogP contribution is -2.26. The number of ether oxygens (including phenoxy) is 1. The Morgan fingerprint density at radius 3 is 3.00 bits per heavy atom. The van der Waals surface area contributed by atoms with Gasteiger partial charge in [0.1, 0.15) is 17.5 Å². The van der Waals surface area contributed by atoms with E-state index in [9.17, 15) is 4.79 Å². The number of hydrogen-bond donors (Lipinski definition) is 2. The van der Waals surface area contributed by atoms with Crippen LogP contribution >= 0.6 is 0 Å². The Morgan fingerprint density at radius 1 is 1.55 bits per heavy atom. The molecule has 0 unspecified atom stereocenters. The van der Waals surface area contributed by atoms with E-state index in [1.165, 1.54) is 6.20 Å².